The molecule has 0 fully saturated rings. The van der Waals surface area contributed by atoms with Crippen molar-refractivity contribution in [2.45, 2.75) is 13.0 Å². The number of ether oxygens (including phenoxy) is 1. The smallest absolute Gasteiger partial charge is 0.328 e. The van der Waals surface area contributed by atoms with Crippen LogP contribution in [-0.4, -0.2) is 34.6 Å². The Morgan fingerprint density at radius 3 is 2.94 bits per heavy atom. The van der Waals surface area contributed by atoms with Crippen LogP contribution in [0.3, 0.4) is 0 Å². The highest BCUT2D eigenvalue weighted by atomic mass is 16.5. The molecule has 18 heavy (non-hydrogen) atoms. The van der Waals surface area contributed by atoms with E-state index in [2.05, 4.69) is 15.2 Å². The fourth-order valence-corrected chi connectivity index (χ4v) is 1.62. The van der Waals surface area contributed by atoms with Gasteiger partial charge in [-0.1, -0.05) is 6.07 Å². The number of carbonyl (C=O) groups excluding carboxylic acids is 2. The maximum Gasteiger partial charge on any atom is 0.328 e. The zero-order valence-electron chi connectivity index (χ0n) is 10.1. The molecule has 2 heterocycles. The molecule has 0 spiro atoms. The Hall–Kier alpha value is -2.37. The minimum atomic E-state index is -0.693. The van der Waals surface area contributed by atoms with Gasteiger partial charge >= 0.3 is 5.97 Å². The minimum Gasteiger partial charge on any atom is -0.467 e. The van der Waals surface area contributed by atoms with Gasteiger partial charge in [0.25, 0.3) is 5.91 Å². The molecule has 1 atom stereocenters. The van der Waals surface area contributed by atoms with Gasteiger partial charge in [-0.3, -0.25) is 4.79 Å². The predicted molar refractivity (Wildman–Crippen MR) is 64.1 cm³/mol. The van der Waals surface area contributed by atoms with Crippen LogP contribution in [0.25, 0.3) is 5.52 Å². The normalized spacial score (nSPS) is 12.1. The molecule has 6 nitrogen and oxygen atoms in total. The van der Waals surface area contributed by atoms with Crippen LogP contribution in [-0.2, 0) is 9.53 Å². The Labute approximate surface area is 104 Å². The van der Waals surface area contributed by atoms with Gasteiger partial charge in [-0.25, -0.2) is 9.31 Å². The quantitative estimate of drug-likeness (QED) is 0.807. The summed E-state index contributed by atoms with van der Waals surface area (Å²) in [5.41, 5.74) is 1.11. The molecule has 0 saturated heterocycles. The van der Waals surface area contributed by atoms with Gasteiger partial charge < -0.3 is 10.1 Å². The van der Waals surface area contributed by atoms with Crippen molar-refractivity contribution < 1.29 is 14.3 Å². The molecule has 0 aliphatic carbocycles. The number of rotatable bonds is 3. The lowest BCUT2D eigenvalue weighted by Crippen LogP contribution is -2.39. The van der Waals surface area contributed by atoms with Crippen molar-refractivity contribution >= 4 is 17.4 Å². The summed E-state index contributed by atoms with van der Waals surface area (Å²) in [5, 5.41) is 6.61. The number of nitrogens with one attached hydrogen (secondary N) is 1. The summed E-state index contributed by atoms with van der Waals surface area (Å²) < 4.78 is 6.14. The van der Waals surface area contributed by atoms with Crippen LogP contribution in [0.4, 0.5) is 0 Å². The zero-order valence-corrected chi connectivity index (χ0v) is 10.1. The lowest BCUT2D eigenvalue weighted by molar-refractivity contribution is -0.142. The Bertz CT molecular complexity index is 591. The van der Waals surface area contributed by atoms with Gasteiger partial charge in [0, 0.05) is 6.20 Å². The van der Waals surface area contributed by atoms with Gasteiger partial charge in [0.15, 0.2) is 0 Å². The molecule has 1 N–H and O–H groups in total. The fourth-order valence-electron chi connectivity index (χ4n) is 1.62. The van der Waals surface area contributed by atoms with Crippen LogP contribution in [0.1, 0.15) is 17.3 Å². The maximum atomic E-state index is 12.0. The number of nitrogens with zero attached hydrogens (tertiary/aromatic N) is 2. The standard InChI is InChI=1S/C12H13N3O3/c1-8(12(17)18-2)14-11(16)9-7-13-15-6-4-3-5-10(9)15/h3-8H,1-2H3,(H,14,16)/t8-/m1/s1. The molecule has 1 amide bonds. The van der Waals surface area contributed by atoms with Crippen LogP contribution in [0.5, 0.6) is 0 Å². The van der Waals surface area contributed by atoms with Crippen molar-refractivity contribution in [1.29, 1.82) is 0 Å². The van der Waals surface area contributed by atoms with E-state index in [1.165, 1.54) is 13.3 Å². The second kappa shape index (κ2) is 4.87. The van der Waals surface area contributed by atoms with E-state index in [4.69, 9.17) is 0 Å². The summed E-state index contributed by atoms with van der Waals surface area (Å²) in [5.74, 6) is -0.839. The highest BCUT2D eigenvalue weighted by Crippen LogP contribution is 2.09. The summed E-state index contributed by atoms with van der Waals surface area (Å²) >= 11 is 0. The second-order valence-corrected chi connectivity index (χ2v) is 3.81. The van der Waals surface area contributed by atoms with Crippen molar-refractivity contribution in [3.63, 3.8) is 0 Å². The highest BCUT2D eigenvalue weighted by Gasteiger charge is 2.19. The maximum absolute atomic E-state index is 12.0. The Balaban J connectivity index is 2.21. The van der Waals surface area contributed by atoms with E-state index in [1.54, 1.807) is 23.7 Å². The molecule has 6 heteroatoms. The lowest BCUT2D eigenvalue weighted by Gasteiger charge is -2.10. The summed E-state index contributed by atoms with van der Waals surface area (Å²) in [6.45, 7) is 1.56. The van der Waals surface area contributed by atoms with Gasteiger partial charge in [0.05, 0.1) is 24.4 Å². The number of amides is 1. The lowest BCUT2D eigenvalue weighted by atomic mass is 10.2. The Morgan fingerprint density at radius 1 is 1.44 bits per heavy atom. The van der Waals surface area contributed by atoms with E-state index in [9.17, 15) is 9.59 Å². The first kappa shape index (κ1) is 12.1. The van der Waals surface area contributed by atoms with Crippen LogP contribution in [0, 0.1) is 0 Å². The predicted octanol–water partition coefficient (Wildman–Crippen LogP) is 0.626. The number of aromatic nitrogens is 2. The van der Waals surface area contributed by atoms with E-state index in [1.807, 2.05) is 12.1 Å². The second-order valence-electron chi connectivity index (χ2n) is 3.81. The van der Waals surface area contributed by atoms with E-state index < -0.39 is 12.0 Å². The van der Waals surface area contributed by atoms with Gasteiger partial charge in [-0.15, -0.1) is 0 Å². The third-order valence-electron chi connectivity index (χ3n) is 2.57. The first-order valence-corrected chi connectivity index (χ1v) is 5.44. The average molecular weight is 247 g/mol. The summed E-state index contributed by atoms with van der Waals surface area (Å²) in [4.78, 5) is 23.2. The first-order valence-electron chi connectivity index (χ1n) is 5.44. The fraction of sp³-hybridized carbons (Fsp3) is 0.250. The van der Waals surface area contributed by atoms with Crippen molar-refractivity contribution in [1.82, 2.24) is 14.9 Å². The third kappa shape index (κ3) is 2.17. The van der Waals surface area contributed by atoms with Crippen molar-refractivity contribution in [3.8, 4) is 0 Å². The van der Waals surface area contributed by atoms with Gasteiger partial charge in [-0.2, -0.15) is 5.10 Å². The zero-order chi connectivity index (χ0) is 13.1. The van der Waals surface area contributed by atoms with Gasteiger partial charge in [0.2, 0.25) is 0 Å². The molecule has 0 aliphatic rings. The van der Waals surface area contributed by atoms with Crippen LogP contribution in [0.15, 0.2) is 30.6 Å². The molecular weight excluding hydrogens is 234 g/mol. The molecule has 0 aliphatic heterocycles. The first-order chi connectivity index (χ1) is 8.63. The molecule has 0 radical (unpaired) electrons. The molecular formula is C12H13N3O3. The highest BCUT2D eigenvalue weighted by molar-refractivity contribution is 6.02. The Morgan fingerprint density at radius 2 is 2.22 bits per heavy atom. The molecule has 2 aromatic heterocycles. The summed E-state index contributed by atoms with van der Waals surface area (Å²) in [6, 6.07) is 4.72. The van der Waals surface area contributed by atoms with Crippen LogP contribution < -0.4 is 5.32 Å². The number of hydrogen-bond acceptors (Lipinski definition) is 4. The number of hydrogen-bond donors (Lipinski definition) is 1. The number of methoxy groups -OCH3 is 1. The summed E-state index contributed by atoms with van der Waals surface area (Å²) in [7, 11) is 1.28. The van der Waals surface area contributed by atoms with Crippen molar-refractivity contribution in [2.75, 3.05) is 7.11 Å². The van der Waals surface area contributed by atoms with E-state index in [0.717, 1.165) is 0 Å². The number of carbonyl (C=O) groups is 2. The average Bonchev–Trinajstić information content (AvgIpc) is 2.81. The van der Waals surface area contributed by atoms with E-state index in [0.29, 0.717) is 11.1 Å². The number of pyridine rings is 1. The minimum absolute atomic E-state index is 0.353. The van der Waals surface area contributed by atoms with Crippen LogP contribution in [0.2, 0.25) is 0 Å². The molecule has 0 bridgehead atoms. The molecule has 2 rings (SSSR count). The number of fused-ring (bicyclic) bond motifs is 1. The third-order valence-corrected chi connectivity index (χ3v) is 2.57. The van der Waals surface area contributed by atoms with Crippen LogP contribution >= 0.6 is 0 Å². The topological polar surface area (TPSA) is 72.7 Å². The summed E-state index contributed by atoms with van der Waals surface area (Å²) in [6.07, 6.45) is 3.21. The SMILES string of the molecule is COC(=O)[C@@H](C)NC(=O)c1cnn2ccccc12. The van der Waals surface area contributed by atoms with Crippen molar-refractivity contribution in [2.24, 2.45) is 0 Å². The monoisotopic (exact) mass is 247 g/mol. The van der Waals surface area contributed by atoms with Gasteiger partial charge in [-0.05, 0) is 19.1 Å². The largest absolute Gasteiger partial charge is 0.467 e. The van der Waals surface area contributed by atoms with Crippen molar-refractivity contribution in [3.05, 3.63) is 36.2 Å². The molecule has 0 aromatic carbocycles. The van der Waals surface area contributed by atoms with E-state index >= 15 is 0 Å². The van der Waals surface area contributed by atoms with Gasteiger partial charge in [0.1, 0.15) is 6.04 Å². The Kier molecular flexibility index (Phi) is 3.27. The molecule has 94 valence electrons. The number of esters is 1. The molecule has 0 unspecified atom stereocenters. The molecule has 2 aromatic rings. The molecule has 0 saturated carbocycles. The van der Waals surface area contributed by atoms with E-state index in [-0.39, 0.29) is 5.91 Å².